The molecule has 6 nitrogen and oxygen atoms in total. The Bertz CT molecular complexity index is 1230. The van der Waals surface area contributed by atoms with Crippen molar-refractivity contribution in [2.75, 3.05) is 23.3 Å². The second-order valence-corrected chi connectivity index (χ2v) is 11.1. The zero-order chi connectivity index (χ0) is 25.4. The van der Waals surface area contributed by atoms with E-state index in [0.717, 1.165) is 24.8 Å². The summed E-state index contributed by atoms with van der Waals surface area (Å²) >= 11 is 2.37. The Hall–Kier alpha value is -2.80. The van der Waals surface area contributed by atoms with E-state index in [-0.39, 0.29) is 20.2 Å². The van der Waals surface area contributed by atoms with E-state index in [9.17, 15) is 27.5 Å². The fourth-order valence-electron chi connectivity index (χ4n) is 3.88. The van der Waals surface area contributed by atoms with E-state index in [0.29, 0.717) is 24.5 Å². The number of nitrogens with one attached hydrogen (secondary N) is 1. The van der Waals surface area contributed by atoms with Crippen LogP contribution in [-0.4, -0.2) is 43.7 Å². The highest BCUT2D eigenvalue weighted by Gasteiger charge is 2.40. The predicted octanol–water partition coefficient (Wildman–Crippen LogP) is 5.53. The molecule has 1 aromatic carbocycles. The summed E-state index contributed by atoms with van der Waals surface area (Å²) in [6.07, 6.45) is -4.24. The molecule has 0 spiro atoms. The molecule has 2 aromatic heterocycles. The largest absolute Gasteiger partial charge is 0.420 e. The van der Waals surface area contributed by atoms with Gasteiger partial charge in [-0.05, 0) is 37.6 Å². The lowest BCUT2D eigenvalue weighted by atomic mass is 10.0. The van der Waals surface area contributed by atoms with Crippen LogP contribution in [0.5, 0.6) is 0 Å². The first-order valence-electron chi connectivity index (χ1n) is 10.7. The second kappa shape index (κ2) is 9.69. The Balaban J connectivity index is 1.71. The third kappa shape index (κ3) is 5.56. The average Bonchev–Trinajstić information content (AvgIpc) is 3.18. The molecule has 4 rings (SSSR count). The number of nitrogens with zero attached hydrogens (tertiary/aromatic N) is 3. The number of anilines is 2. The van der Waals surface area contributed by atoms with Gasteiger partial charge in [0.05, 0.1) is 16.9 Å². The summed E-state index contributed by atoms with van der Waals surface area (Å²) in [5, 5.41) is 12.1. The predicted molar refractivity (Wildman–Crippen MR) is 132 cm³/mol. The van der Waals surface area contributed by atoms with Crippen molar-refractivity contribution in [2.24, 2.45) is 0 Å². The molecule has 2 atom stereocenters. The van der Waals surface area contributed by atoms with E-state index in [4.69, 9.17) is 0 Å². The number of aliphatic hydroxyl groups excluding tert-OH is 1. The third-order valence-corrected chi connectivity index (χ3v) is 6.58. The molecule has 0 saturated carbocycles. The number of pyridine rings is 2. The number of carbonyl (C=O) groups excluding carboxylic acids is 1. The number of hydrogen-bond acceptors (Lipinski definition) is 5. The van der Waals surface area contributed by atoms with E-state index in [1.807, 2.05) is 4.90 Å². The Morgan fingerprint density at radius 1 is 1.17 bits per heavy atom. The van der Waals surface area contributed by atoms with Crippen molar-refractivity contribution >= 4 is 40.0 Å². The molecule has 1 aliphatic rings. The van der Waals surface area contributed by atoms with E-state index < -0.39 is 29.7 Å². The molecule has 35 heavy (non-hydrogen) atoms. The summed E-state index contributed by atoms with van der Waals surface area (Å²) in [5.74, 6) is -0.669. The Labute approximate surface area is 212 Å². The number of benzene rings is 1. The molecule has 184 valence electrons. The van der Waals surface area contributed by atoms with Crippen molar-refractivity contribution in [3.63, 3.8) is 0 Å². The number of halogens is 5. The average molecular weight is 600 g/mol. The Morgan fingerprint density at radius 2 is 1.91 bits per heavy atom. The van der Waals surface area contributed by atoms with Gasteiger partial charge in [-0.3, -0.25) is 9.78 Å². The van der Waals surface area contributed by atoms with Gasteiger partial charge in [0.2, 0.25) is 0 Å². The van der Waals surface area contributed by atoms with Crippen LogP contribution in [0.1, 0.15) is 35.5 Å². The van der Waals surface area contributed by atoms with Crippen LogP contribution >= 0.6 is 22.6 Å². The Kier molecular flexibility index (Phi) is 7.00. The highest BCUT2D eigenvalue weighted by Crippen LogP contribution is 2.40. The summed E-state index contributed by atoms with van der Waals surface area (Å²) in [4.78, 5) is 23.2. The van der Waals surface area contributed by atoms with Crippen molar-refractivity contribution in [3.05, 3.63) is 71.9 Å². The molecule has 0 aliphatic carbocycles. The first-order valence-corrected chi connectivity index (χ1v) is 11.7. The lowest BCUT2D eigenvalue weighted by Gasteiger charge is -2.24. The first-order chi connectivity index (χ1) is 16.5. The monoisotopic (exact) mass is 600 g/mol. The Morgan fingerprint density at radius 3 is 2.51 bits per heavy atom. The highest BCUT2D eigenvalue weighted by atomic mass is 127. The van der Waals surface area contributed by atoms with Crippen molar-refractivity contribution in [3.8, 4) is 11.1 Å². The van der Waals surface area contributed by atoms with Crippen LogP contribution in [0.3, 0.4) is 0 Å². The summed E-state index contributed by atoms with van der Waals surface area (Å²) in [5.41, 5.74) is 0.320. The molecule has 1 aliphatic heterocycles. The van der Waals surface area contributed by atoms with Crippen LogP contribution in [-0.2, 0) is 0 Å². The molecular formula is C24H21F4IN4O2. The molecule has 11 heteroatoms. The number of alkyl halides is 4. The minimum atomic E-state index is -4.88. The molecule has 3 heterocycles. The van der Waals surface area contributed by atoms with Gasteiger partial charge in [-0.15, -0.1) is 0 Å². The maximum atomic E-state index is 14.7. The maximum absolute atomic E-state index is 14.7. The first kappa shape index (κ1) is 25.3. The van der Waals surface area contributed by atoms with E-state index >= 15 is 0 Å². The van der Waals surface area contributed by atoms with E-state index in [1.165, 1.54) is 6.07 Å². The van der Waals surface area contributed by atoms with Gasteiger partial charge < -0.3 is 15.3 Å². The second-order valence-electron chi connectivity index (χ2n) is 8.49. The lowest BCUT2D eigenvalue weighted by Crippen LogP contribution is -2.27. The molecule has 1 saturated heterocycles. The number of hydrogen-bond donors (Lipinski definition) is 2. The minimum Gasteiger partial charge on any atom is -0.378 e. The number of aromatic nitrogens is 2. The van der Waals surface area contributed by atoms with E-state index in [1.54, 1.807) is 30.5 Å². The smallest absolute Gasteiger partial charge is 0.378 e. The van der Waals surface area contributed by atoms with Crippen molar-refractivity contribution in [2.45, 2.75) is 29.0 Å². The van der Waals surface area contributed by atoms with E-state index in [2.05, 4.69) is 44.8 Å². The molecule has 2 N–H and O–H groups in total. The number of aliphatic hydroxyl groups is 1. The number of rotatable bonds is 5. The van der Waals surface area contributed by atoms with Crippen molar-refractivity contribution < 1.29 is 27.5 Å². The summed E-state index contributed by atoms with van der Waals surface area (Å²) in [7, 11) is 0. The zero-order valence-corrected chi connectivity index (χ0v) is 20.6. The molecule has 1 fully saturated rings. The SMILES string of the molecule is CC1(I)CCN(c2nccc(-c3ccccc3F)c2NC(=O)c2ccc(C(O)C(F)(F)F)nc2)C1. The van der Waals surface area contributed by atoms with Crippen LogP contribution in [0.25, 0.3) is 11.1 Å². The summed E-state index contributed by atoms with van der Waals surface area (Å²) in [6.45, 7) is 3.45. The molecule has 3 aromatic rings. The fraction of sp³-hybridized carbons (Fsp3) is 0.292. The van der Waals surface area contributed by atoms with Gasteiger partial charge in [-0.2, -0.15) is 13.2 Å². The molecule has 0 bridgehead atoms. The summed E-state index contributed by atoms with van der Waals surface area (Å²) in [6, 6.07) is 9.82. The normalized spacial score (nSPS) is 19.0. The standard InChI is InChI=1S/C24H21F4IN4O2/c1-23(29)9-11-33(13-23)21-19(16(8-10-30-21)15-4-2-3-5-17(15)25)32-22(35)14-6-7-18(31-12-14)20(34)24(26,27)28/h2-8,10,12,20,34H,9,11,13H2,1H3,(H,32,35). The maximum Gasteiger partial charge on any atom is 0.420 e. The third-order valence-electron chi connectivity index (χ3n) is 5.70. The number of carbonyl (C=O) groups is 1. The van der Waals surface area contributed by atoms with Gasteiger partial charge in [-0.1, -0.05) is 40.8 Å². The van der Waals surface area contributed by atoms with Crippen LogP contribution in [0.4, 0.5) is 29.1 Å². The number of amides is 1. The van der Waals surface area contributed by atoms with Crippen LogP contribution in [0.15, 0.2) is 54.9 Å². The molecule has 0 radical (unpaired) electrons. The van der Waals surface area contributed by atoms with Gasteiger partial charge >= 0.3 is 6.18 Å². The highest BCUT2D eigenvalue weighted by molar-refractivity contribution is 14.1. The summed E-state index contributed by atoms with van der Waals surface area (Å²) < 4.78 is 52.9. The van der Waals surface area contributed by atoms with Crippen LogP contribution < -0.4 is 10.2 Å². The van der Waals surface area contributed by atoms with Gasteiger partial charge in [-0.25, -0.2) is 9.37 Å². The van der Waals surface area contributed by atoms with Gasteiger partial charge in [0.25, 0.3) is 5.91 Å². The quantitative estimate of drug-likeness (QED) is 0.229. The van der Waals surface area contributed by atoms with Crippen LogP contribution in [0, 0.1) is 5.82 Å². The van der Waals surface area contributed by atoms with Crippen molar-refractivity contribution in [1.29, 1.82) is 0 Å². The molecule has 2 unspecified atom stereocenters. The molecule has 1 amide bonds. The minimum absolute atomic E-state index is 0.00616. The topological polar surface area (TPSA) is 78.4 Å². The van der Waals surface area contributed by atoms with Crippen LogP contribution in [0.2, 0.25) is 0 Å². The van der Waals surface area contributed by atoms with Gasteiger partial charge in [0.1, 0.15) is 5.82 Å². The van der Waals surface area contributed by atoms with Crippen molar-refractivity contribution in [1.82, 2.24) is 9.97 Å². The lowest BCUT2D eigenvalue weighted by molar-refractivity contribution is -0.207. The zero-order valence-electron chi connectivity index (χ0n) is 18.5. The fourth-order valence-corrected chi connectivity index (χ4v) is 4.53. The van der Waals surface area contributed by atoms with Gasteiger partial charge in [0, 0.05) is 40.0 Å². The van der Waals surface area contributed by atoms with Gasteiger partial charge in [0.15, 0.2) is 11.9 Å². The molecular weight excluding hydrogens is 579 g/mol.